The molecule has 0 aromatic rings. The maximum absolute atomic E-state index is 2.64. The number of nitrogens with zero attached hydrogens (tertiary/aromatic N) is 1. The van der Waals surface area contributed by atoms with E-state index in [1.54, 1.807) is 0 Å². The first-order valence-corrected chi connectivity index (χ1v) is 5.80. The summed E-state index contributed by atoms with van der Waals surface area (Å²) in [7, 11) is 0. The van der Waals surface area contributed by atoms with E-state index in [-0.39, 0.29) is 0 Å². The van der Waals surface area contributed by atoms with Gasteiger partial charge in [-0.25, -0.2) is 0 Å². The van der Waals surface area contributed by atoms with E-state index in [4.69, 9.17) is 0 Å². The second-order valence-corrected chi connectivity index (χ2v) is 6.23. The molecule has 0 N–H and O–H groups in total. The summed E-state index contributed by atoms with van der Waals surface area (Å²) < 4.78 is 2.64. The molecule has 61 valence electrons. The average Bonchev–Trinajstić information content (AvgIpc) is 1.82. The normalized spacial score (nSPS) is 30.4. The van der Waals surface area contributed by atoms with E-state index < -0.39 is 0 Å². The molecule has 0 bridgehead atoms. The summed E-state index contributed by atoms with van der Waals surface area (Å²) in [5.41, 5.74) is 0.920. The van der Waals surface area contributed by atoms with Crippen LogP contribution in [0.3, 0.4) is 0 Å². The van der Waals surface area contributed by atoms with Gasteiger partial charge in [-0.1, -0.05) is 0 Å². The van der Waals surface area contributed by atoms with Gasteiger partial charge in [0.1, 0.15) is 0 Å². The Morgan fingerprint density at radius 1 is 1.00 bits per heavy atom. The first-order valence-electron chi connectivity index (χ1n) is 4.47. The molecule has 0 amide bonds. The maximum atomic E-state index is 2.64. The van der Waals surface area contributed by atoms with Crippen LogP contribution in [0.5, 0.6) is 0 Å². The van der Waals surface area contributed by atoms with Crippen molar-refractivity contribution < 1.29 is 18.5 Å². The van der Waals surface area contributed by atoms with E-state index in [1.807, 2.05) is 0 Å². The topological polar surface area (TPSA) is 3.24 Å². The van der Waals surface area contributed by atoms with Crippen molar-refractivity contribution in [2.24, 2.45) is 0 Å². The Morgan fingerprint density at radius 3 is 1.64 bits per heavy atom. The monoisotopic (exact) mass is 204 g/mol. The number of piperidine rings is 1. The third kappa shape index (κ3) is 1.84. The van der Waals surface area contributed by atoms with Crippen LogP contribution in [0.15, 0.2) is 0 Å². The Labute approximate surface area is 80.5 Å². The molecule has 0 radical (unpaired) electrons. The zero-order valence-electron chi connectivity index (χ0n) is 8.28. The van der Waals surface area contributed by atoms with Crippen molar-refractivity contribution in [3.63, 3.8) is 0 Å². The van der Waals surface area contributed by atoms with Crippen LogP contribution in [0, 0.1) is 0 Å². The first-order chi connectivity index (χ1) is 4.86. The molecule has 1 saturated heterocycles. The molecule has 0 spiro atoms. The SMILES string of the molecule is CC1(C)CCCC(C)(C)[N]1[Zn]. The molecular formula is C9H18NZn. The number of hydrogen-bond donors (Lipinski definition) is 0. The molecule has 1 fully saturated rings. The van der Waals surface area contributed by atoms with Crippen molar-refractivity contribution in [3.05, 3.63) is 0 Å². The molecule has 0 atom stereocenters. The van der Waals surface area contributed by atoms with Gasteiger partial charge in [-0.3, -0.25) is 0 Å². The zero-order valence-corrected chi connectivity index (χ0v) is 11.2. The minimum absolute atomic E-state index is 0.460. The first kappa shape index (κ1) is 9.67. The van der Waals surface area contributed by atoms with Gasteiger partial charge < -0.3 is 0 Å². The summed E-state index contributed by atoms with van der Waals surface area (Å²) in [6, 6.07) is 0. The summed E-state index contributed by atoms with van der Waals surface area (Å²) in [6.45, 7) is 9.49. The third-order valence-corrected chi connectivity index (χ3v) is 6.63. The molecule has 0 aliphatic carbocycles. The molecule has 1 rings (SSSR count). The van der Waals surface area contributed by atoms with Crippen molar-refractivity contribution in [2.45, 2.75) is 58.0 Å². The number of hydrogen-bond acceptors (Lipinski definition) is 1. The van der Waals surface area contributed by atoms with Crippen LogP contribution in [0.2, 0.25) is 0 Å². The van der Waals surface area contributed by atoms with Crippen LogP contribution < -0.4 is 0 Å². The van der Waals surface area contributed by atoms with Gasteiger partial charge in [0.25, 0.3) is 0 Å². The summed E-state index contributed by atoms with van der Waals surface area (Å²) in [5, 5.41) is 0. The van der Waals surface area contributed by atoms with Crippen molar-refractivity contribution in [1.82, 2.24) is 3.64 Å². The number of rotatable bonds is 0. The van der Waals surface area contributed by atoms with Crippen molar-refractivity contribution in [2.75, 3.05) is 0 Å². The molecule has 0 aromatic heterocycles. The second kappa shape index (κ2) is 2.81. The van der Waals surface area contributed by atoms with E-state index in [0.717, 1.165) is 0 Å². The van der Waals surface area contributed by atoms with Gasteiger partial charge in [0, 0.05) is 0 Å². The van der Waals surface area contributed by atoms with Gasteiger partial charge in [-0.2, -0.15) is 0 Å². The van der Waals surface area contributed by atoms with Gasteiger partial charge in [0.05, 0.1) is 0 Å². The Morgan fingerprint density at radius 2 is 1.36 bits per heavy atom. The Hall–Kier alpha value is 0.583. The fourth-order valence-electron chi connectivity index (χ4n) is 2.04. The summed E-state index contributed by atoms with van der Waals surface area (Å²) in [5.74, 6) is 0. The van der Waals surface area contributed by atoms with Crippen LogP contribution in [0.25, 0.3) is 0 Å². The molecule has 11 heavy (non-hydrogen) atoms. The Balaban J connectivity index is 2.76. The zero-order chi connectivity index (χ0) is 8.70. The summed E-state index contributed by atoms with van der Waals surface area (Å²) >= 11 is 1.31. The average molecular weight is 206 g/mol. The quantitative estimate of drug-likeness (QED) is 0.550. The van der Waals surface area contributed by atoms with E-state index in [9.17, 15) is 0 Å². The van der Waals surface area contributed by atoms with Gasteiger partial charge in [0.2, 0.25) is 0 Å². The summed E-state index contributed by atoms with van der Waals surface area (Å²) in [4.78, 5) is 0. The summed E-state index contributed by atoms with van der Waals surface area (Å²) in [6.07, 6.45) is 4.14. The van der Waals surface area contributed by atoms with Crippen LogP contribution in [-0.2, 0) is 18.5 Å². The van der Waals surface area contributed by atoms with Crippen molar-refractivity contribution in [1.29, 1.82) is 0 Å². The standard InChI is InChI=1S/C9H18N.Zn/c1-8(2)6-5-7-9(3,4)10-8;/h5-7H2,1-4H3;/q-1;+1. The van der Waals surface area contributed by atoms with E-state index in [0.29, 0.717) is 11.1 Å². The van der Waals surface area contributed by atoms with Crippen LogP contribution in [0.4, 0.5) is 0 Å². The van der Waals surface area contributed by atoms with Gasteiger partial charge in [0.15, 0.2) is 0 Å². The van der Waals surface area contributed by atoms with Crippen LogP contribution in [-0.4, -0.2) is 14.7 Å². The van der Waals surface area contributed by atoms with E-state index in [1.165, 1.54) is 37.8 Å². The molecule has 0 saturated carbocycles. The van der Waals surface area contributed by atoms with Gasteiger partial charge in [-0.15, -0.1) is 0 Å². The fourth-order valence-corrected chi connectivity index (χ4v) is 2.71. The third-order valence-electron chi connectivity index (χ3n) is 3.04. The van der Waals surface area contributed by atoms with Crippen LogP contribution in [0.1, 0.15) is 47.0 Å². The molecule has 1 aliphatic rings. The predicted octanol–water partition coefficient (Wildman–Crippen LogP) is 2.49. The van der Waals surface area contributed by atoms with Crippen molar-refractivity contribution >= 4 is 0 Å². The fraction of sp³-hybridized carbons (Fsp3) is 1.00. The molecule has 1 nitrogen and oxygen atoms in total. The second-order valence-electron chi connectivity index (χ2n) is 4.91. The van der Waals surface area contributed by atoms with Crippen molar-refractivity contribution in [3.8, 4) is 0 Å². The van der Waals surface area contributed by atoms with E-state index >= 15 is 0 Å². The van der Waals surface area contributed by atoms with Gasteiger partial charge in [-0.05, 0) is 0 Å². The molecule has 0 unspecified atom stereocenters. The Kier molecular flexibility index (Phi) is 2.47. The van der Waals surface area contributed by atoms with Gasteiger partial charge >= 0.3 is 80.2 Å². The predicted molar refractivity (Wildman–Crippen MR) is 43.8 cm³/mol. The molecule has 1 aliphatic heterocycles. The molecule has 0 aromatic carbocycles. The molecule has 2 heteroatoms. The molecular weight excluding hydrogens is 187 g/mol. The van der Waals surface area contributed by atoms with E-state index in [2.05, 4.69) is 31.3 Å². The van der Waals surface area contributed by atoms with Crippen LogP contribution >= 0.6 is 0 Å². The minimum atomic E-state index is 0.460. The molecule has 1 heterocycles. The Bertz CT molecular complexity index is 136.